The Bertz CT molecular complexity index is 257. The zero-order chi connectivity index (χ0) is 9.80. The molecule has 3 N–H and O–H groups in total. The molecule has 0 amide bonds. The van der Waals surface area contributed by atoms with Crippen LogP contribution in [0.3, 0.4) is 0 Å². The quantitative estimate of drug-likeness (QED) is 0.633. The average Bonchev–Trinajstić information content (AvgIpc) is 2.74. The third-order valence-electron chi connectivity index (χ3n) is 2.24. The van der Waals surface area contributed by atoms with Gasteiger partial charge in [-0.3, -0.25) is 11.3 Å². The van der Waals surface area contributed by atoms with Crippen LogP contribution in [0.25, 0.3) is 0 Å². The van der Waals surface area contributed by atoms with E-state index in [1.54, 1.807) is 11.3 Å². The molecule has 5 heteroatoms. The Morgan fingerprint density at radius 2 is 2.43 bits per heavy atom. The lowest BCUT2D eigenvalue weighted by molar-refractivity contribution is 0.561. The van der Waals surface area contributed by atoms with Crippen LogP contribution in [0.2, 0.25) is 0 Å². The van der Waals surface area contributed by atoms with E-state index in [9.17, 15) is 0 Å². The van der Waals surface area contributed by atoms with Gasteiger partial charge in [-0.25, -0.2) is 0 Å². The van der Waals surface area contributed by atoms with Crippen LogP contribution in [0.15, 0.2) is 17.5 Å². The van der Waals surface area contributed by atoms with Gasteiger partial charge in [0, 0.05) is 27.4 Å². The van der Waals surface area contributed by atoms with E-state index in [2.05, 4.69) is 22.9 Å². The second-order valence-corrected chi connectivity index (χ2v) is 6.62. The van der Waals surface area contributed by atoms with Crippen molar-refractivity contribution in [2.45, 2.75) is 11.3 Å². The van der Waals surface area contributed by atoms with Gasteiger partial charge in [-0.15, -0.1) is 11.3 Å². The third kappa shape index (κ3) is 2.46. The topological polar surface area (TPSA) is 38.0 Å². The molecule has 1 fully saturated rings. The van der Waals surface area contributed by atoms with Crippen LogP contribution in [0.1, 0.15) is 10.9 Å². The van der Waals surface area contributed by atoms with Gasteiger partial charge in [0.25, 0.3) is 0 Å². The number of hydrogen-bond donors (Lipinski definition) is 2. The van der Waals surface area contributed by atoms with Crippen LogP contribution in [0, 0.1) is 0 Å². The highest BCUT2D eigenvalue weighted by Crippen LogP contribution is 2.34. The van der Waals surface area contributed by atoms with E-state index >= 15 is 0 Å². The summed E-state index contributed by atoms with van der Waals surface area (Å²) in [5, 5.41) is 2.73. The van der Waals surface area contributed by atoms with Gasteiger partial charge >= 0.3 is 0 Å². The summed E-state index contributed by atoms with van der Waals surface area (Å²) >= 11 is 5.85. The van der Waals surface area contributed by atoms with E-state index in [1.165, 1.54) is 22.1 Å². The van der Waals surface area contributed by atoms with Gasteiger partial charge in [-0.1, -0.05) is 6.07 Å². The predicted molar refractivity (Wildman–Crippen MR) is 68.0 cm³/mol. The first-order valence-electron chi connectivity index (χ1n) is 4.60. The molecule has 0 radical (unpaired) electrons. The summed E-state index contributed by atoms with van der Waals surface area (Å²) in [7, 11) is 0. The van der Waals surface area contributed by atoms with E-state index in [1.807, 2.05) is 23.5 Å². The van der Waals surface area contributed by atoms with E-state index in [-0.39, 0.29) is 0 Å². The first kappa shape index (κ1) is 10.8. The summed E-state index contributed by atoms with van der Waals surface area (Å²) in [6.45, 7) is 0. The molecule has 2 unspecified atom stereocenters. The second-order valence-electron chi connectivity index (χ2n) is 3.14. The maximum absolute atomic E-state index is 5.63. The Morgan fingerprint density at radius 1 is 1.50 bits per heavy atom. The normalized spacial score (nSPS) is 24.8. The molecule has 0 aromatic carbocycles. The van der Waals surface area contributed by atoms with Gasteiger partial charge in [0.2, 0.25) is 0 Å². The number of thiophene rings is 1. The third-order valence-corrected chi connectivity index (χ3v) is 6.06. The molecule has 0 bridgehead atoms. The maximum Gasteiger partial charge on any atom is 0.0679 e. The molecule has 1 aliphatic rings. The summed E-state index contributed by atoms with van der Waals surface area (Å²) in [6.07, 6.45) is 0. The molecule has 2 rings (SSSR count). The van der Waals surface area contributed by atoms with Crippen molar-refractivity contribution in [1.29, 1.82) is 0 Å². The lowest BCUT2D eigenvalue weighted by atomic mass is 10.2. The molecule has 1 aromatic heterocycles. The summed E-state index contributed by atoms with van der Waals surface area (Å²) in [4.78, 5) is 1.35. The lowest BCUT2D eigenvalue weighted by Crippen LogP contribution is -2.37. The highest BCUT2D eigenvalue weighted by Gasteiger charge is 2.25. The van der Waals surface area contributed by atoms with Crippen molar-refractivity contribution in [3.63, 3.8) is 0 Å². The second kappa shape index (κ2) is 5.42. The Hall–Kier alpha value is 0.320. The van der Waals surface area contributed by atoms with Crippen LogP contribution in [0.4, 0.5) is 0 Å². The molecule has 1 aliphatic heterocycles. The van der Waals surface area contributed by atoms with Gasteiger partial charge in [0.05, 0.1) is 6.04 Å². The van der Waals surface area contributed by atoms with Crippen molar-refractivity contribution >= 4 is 34.9 Å². The number of rotatable bonds is 3. The van der Waals surface area contributed by atoms with E-state index in [4.69, 9.17) is 5.84 Å². The zero-order valence-electron chi connectivity index (χ0n) is 7.81. The standard InChI is InChI=1S/C9H14N2S3/c10-11-9(7-2-1-3-13-7)8-6-12-4-5-14-8/h1-3,8-9,11H,4-6,10H2. The fourth-order valence-corrected chi connectivity index (χ4v) is 5.32. The summed E-state index contributed by atoms with van der Waals surface area (Å²) in [5.41, 5.74) is 2.95. The molecule has 1 aromatic rings. The fraction of sp³-hybridized carbons (Fsp3) is 0.556. The molecule has 0 saturated carbocycles. The molecule has 2 atom stereocenters. The Morgan fingerprint density at radius 3 is 3.00 bits per heavy atom. The molecule has 2 nitrogen and oxygen atoms in total. The molecule has 0 spiro atoms. The van der Waals surface area contributed by atoms with Crippen molar-refractivity contribution < 1.29 is 0 Å². The van der Waals surface area contributed by atoms with E-state index < -0.39 is 0 Å². The maximum atomic E-state index is 5.63. The number of hydrazine groups is 1. The van der Waals surface area contributed by atoms with Crippen LogP contribution < -0.4 is 11.3 Å². The van der Waals surface area contributed by atoms with Crippen LogP contribution in [0.5, 0.6) is 0 Å². The molecule has 0 aliphatic carbocycles. The largest absolute Gasteiger partial charge is 0.271 e. The van der Waals surface area contributed by atoms with Crippen LogP contribution >= 0.6 is 34.9 Å². The highest BCUT2D eigenvalue weighted by molar-refractivity contribution is 8.06. The van der Waals surface area contributed by atoms with Crippen molar-refractivity contribution in [2.24, 2.45) is 5.84 Å². The number of nitrogens with two attached hydrogens (primary N) is 1. The van der Waals surface area contributed by atoms with Gasteiger partial charge in [0.1, 0.15) is 0 Å². The first-order chi connectivity index (χ1) is 6.92. The Labute approximate surface area is 97.0 Å². The van der Waals surface area contributed by atoms with Gasteiger partial charge in [0.15, 0.2) is 0 Å². The average molecular weight is 246 g/mol. The smallest absolute Gasteiger partial charge is 0.0679 e. The van der Waals surface area contributed by atoms with Crippen molar-refractivity contribution in [1.82, 2.24) is 5.43 Å². The molecular formula is C9H14N2S3. The minimum absolute atomic E-state index is 0.327. The van der Waals surface area contributed by atoms with E-state index in [0.717, 1.165) is 0 Å². The van der Waals surface area contributed by atoms with Crippen LogP contribution in [-0.2, 0) is 0 Å². The molecular weight excluding hydrogens is 232 g/mol. The fourth-order valence-electron chi connectivity index (χ4n) is 1.54. The first-order valence-corrected chi connectivity index (χ1v) is 7.69. The Kier molecular flexibility index (Phi) is 4.19. The number of thioether (sulfide) groups is 2. The van der Waals surface area contributed by atoms with Gasteiger partial charge < -0.3 is 0 Å². The monoisotopic (exact) mass is 246 g/mol. The molecule has 2 heterocycles. The molecule has 14 heavy (non-hydrogen) atoms. The Balaban J connectivity index is 2.04. The molecule has 1 saturated heterocycles. The van der Waals surface area contributed by atoms with Crippen LogP contribution in [-0.4, -0.2) is 22.5 Å². The highest BCUT2D eigenvalue weighted by atomic mass is 32.2. The van der Waals surface area contributed by atoms with Crippen molar-refractivity contribution in [2.75, 3.05) is 17.3 Å². The van der Waals surface area contributed by atoms with Crippen molar-refractivity contribution in [3.8, 4) is 0 Å². The van der Waals surface area contributed by atoms with E-state index in [0.29, 0.717) is 11.3 Å². The predicted octanol–water partition coefficient (Wildman–Crippen LogP) is 2.10. The minimum Gasteiger partial charge on any atom is -0.271 e. The van der Waals surface area contributed by atoms with Gasteiger partial charge in [-0.05, 0) is 11.4 Å². The molecule has 78 valence electrons. The summed E-state index contributed by atoms with van der Waals surface area (Å²) in [6, 6.07) is 4.58. The van der Waals surface area contributed by atoms with Crippen molar-refractivity contribution in [3.05, 3.63) is 22.4 Å². The zero-order valence-corrected chi connectivity index (χ0v) is 10.3. The van der Waals surface area contributed by atoms with Gasteiger partial charge in [-0.2, -0.15) is 23.5 Å². The summed E-state index contributed by atoms with van der Waals surface area (Å²) < 4.78 is 0. The summed E-state index contributed by atoms with van der Waals surface area (Å²) in [5.74, 6) is 9.36. The number of nitrogens with one attached hydrogen (secondary N) is 1. The SMILES string of the molecule is NNC(c1cccs1)C1CSCCS1. The number of hydrogen-bond acceptors (Lipinski definition) is 5. The lowest BCUT2D eigenvalue weighted by Gasteiger charge is -2.28. The minimum atomic E-state index is 0.327.